The molecule has 51 heavy (non-hydrogen) atoms. The Kier molecular flexibility index (Phi) is 6.69. The molecule has 0 radical (unpaired) electrons. The molecule has 2 heterocycles. The van der Waals surface area contributed by atoms with Gasteiger partial charge in [0.1, 0.15) is 12.0 Å². The van der Waals surface area contributed by atoms with E-state index in [0.29, 0.717) is 5.92 Å². The average Bonchev–Trinajstić information content (AvgIpc) is 3.67. The topological polar surface area (TPSA) is 33.1 Å². The molecule has 2 aliphatic rings. The number of para-hydroxylation sites is 4. The largest absolute Gasteiger partial charge is 0.363 e. The number of benzene rings is 7. The highest BCUT2D eigenvalue weighted by Crippen LogP contribution is 2.47. The number of imidazole rings is 1. The van der Waals surface area contributed by atoms with E-state index in [1.165, 1.54) is 66.0 Å². The van der Waals surface area contributed by atoms with Crippen LogP contribution in [-0.2, 0) is 0 Å². The third-order valence-electron chi connectivity index (χ3n) is 10.9. The van der Waals surface area contributed by atoms with Gasteiger partial charge in [-0.05, 0) is 119 Å². The summed E-state index contributed by atoms with van der Waals surface area (Å²) in [7, 11) is 0. The van der Waals surface area contributed by atoms with E-state index in [1.54, 1.807) is 0 Å². The number of nitrogens with one attached hydrogen (secondary N) is 1. The first kappa shape index (κ1) is 29.8. The Bertz CT molecular complexity index is 2760. The molecule has 246 valence electrons. The molecule has 1 aromatic heterocycles. The van der Waals surface area contributed by atoms with E-state index in [-0.39, 0.29) is 6.17 Å². The number of nitrogens with zero attached hydrogens (tertiary/aromatic N) is 3. The lowest BCUT2D eigenvalue weighted by Crippen LogP contribution is -2.28. The third-order valence-corrected chi connectivity index (χ3v) is 10.9. The summed E-state index contributed by atoms with van der Waals surface area (Å²) in [4.78, 5) is 7.44. The molecule has 0 spiro atoms. The van der Waals surface area contributed by atoms with Crippen LogP contribution in [0.25, 0.3) is 65.7 Å². The first-order chi connectivity index (χ1) is 25.0. The van der Waals surface area contributed by atoms with E-state index in [0.717, 1.165) is 34.7 Å². The van der Waals surface area contributed by atoms with Gasteiger partial charge in [-0.2, -0.15) is 0 Å². The molecular weight excluding hydrogens is 621 g/mol. The third kappa shape index (κ3) is 4.63. The number of aromatic nitrogens is 2. The van der Waals surface area contributed by atoms with Gasteiger partial charge < -0.3 is 10.2 Å². The predicted molar refractivity (Wildman–Crippen MR) is 216 cm³/mol. The molecule has 0 amide bonds. The summed E-state index contributed by atoms with van der Waals surface area (Å²) >= 11 is 0. The highest BCUT2D eigenvalue weighted by atomic mass is 15.3. The van der Waals surface area contributed by atoms with Gasteiger partial charge in [-0.15, -0.1) is 0 Å². The molecule has 1 aliphatic carbocycles. The van der Waals surface area contributed by atoms with Crippen molar-refractivity contribution in [1.82, 2.24) is 9.55 Å². The Morgan fingerprint density at radius 3 is 2.27 bits per heavy atom. The van der Waals surface area contributed by atoms with Crippen LogP contribution in [0.15, 0.2) is 146 Å². The minimum Gasteiger partial charge on any atom is -0.363 e. The van der Waals surface area contributed by atoms with Crippen LogP contribution in [0, 0.1) is 12.8 Å². The van der Waals surface area contributed by atoms with Gasteiger partial charge >= 0.3 is 0 Å². The van der Waals surface area contributed by atoms with Gasteiger partial charge in [0.2, 0.25) is 0 Å². The van der Waals surface area contributed by atoms with Crippen LogP contribution in [0.4, 0.5) is 17.1 Å². The summed E-state index contributed by atoms with van der Waals surface area (Å²) in [5, 5.41) is 11.2. The molecule has 0 bridgehead atoms. The van der Waals surface area contributed by atoms with Crippen molar-refractivity contribution in [3.63, 3.8) is 0 Å². The van der Waals surface area contributed by atoms with E-state index in [9.17, 15) is 0 Å². The molecule has 10 rings (SSSR count). The fourth-order valence-electron chi connectivity index (χ4n) is 8.70. The molecule has 2 unspecified atom stereocenters. The second kappa shape index (κ2) is 11.5. The fourth-order valence-corrected chi connectivity index (χ4v) is 8.70. The lowest BCUT2D eigenvalue weighted by molar-refractivity contribution is 0.749. The predicted octanol–water partition coefficient (Wildman–Crippen LogP) is 12.3. The number of allylic oxidation sites excluding steroid dienone is 4. The fraction of sp³-hybridized carbons (Fsp3) is 0.128. The number of anilines is 3. The number of aryl methyl sites for hydroxylation is 1. The Morgan fingerprint density at radius 1 is 0.667 bits per heavy atom. The zero-order valence-electron chi connectivity index (χ0n) is 29.1. The van der Waals surface area contributed by atoms with Gasteiger partial charge in [0.15, 0.2) is 0 Å². The maximum absolute atomic E-state index is 4.98. The van der Waals surface area contributed by atoms with Crippen molar-refractivity contribution in [2.75, 3.05) is 10.2 Å². The quantitative estimate of drug-likeness (QED) is 0.191. The Labute approximate surface area is 298 Å². The molecule has 7 aromatic carbocycles. The molecule has 4 heteroatoms. The zero-order valence-corrected chi connectivity index (χ0v) is 29.1. The summed E-state index contributed by atoms with van der Waals surface area (Å²) in [6.45, 7) is 6.66. The highest BCUT2D eigenvalue weighted by molar-refractivity contribution is 6.19. The van der Waals surface area contributed by atoms with Crippen molar-refractivity contribution >= 4 is 66.0 Å². The lowest BCUT2D eigenvalue weighted by atomic mass is 9.86. The number of fused-ring (bicyclic) bond motifs is 5. The van der Waals surface area contributed by atoms with Crippen molar-refractivity contribution in [2.24, 2.45) is 5.92 Å². The van der Waals surface area contributed by atoms with Crippen molar-refractivity contribution in [3.8, 4) is 16.8 Å². The first-order valence-corrected chi connectivity index (χ1v) is 18.0. The first-order valence-electron chi connectivity index (χ1n) is 18.0. The maximum Gasteiger partial charge on any atom is 0.111 e. The summed E-state index contributed by atoms with van der Waals surface area (Å²) in [6, 6.07) is 46.9. The number of hydrogen-bond acceptors (Lipinski definition) is 3. The second-order valence-electron chi connectivity index (χ2n) is 14.2. The van der Waals surface area contributed by atoms with Crippen LogP contribution in [0.3, 0.4) is 0 Å². The van der Waals surface area contributed by atoms with E-state index in [2.05, 4.69) is 181 Å². The number of hydrogen-bond donors (Lipinski definition) is 1. The highest BCUT2D eigenvalue weighted by Gasteiger charge is 2.28. The molecular formula is C47H38N4. The smallest absolute Gasteiger partial charge is 0.111 e. The van der Waals surface area contributed by atoms with Gasteiger partial charge in [0, 0.05) is 10.8 Å². The Hall–Kier alpha value is -6.13. The lowest BCUT2D eigenvalue weighted by Gasteiger charge is -2.27. The van der Waals surface area contributed by atoms with Crippen molar-refractivity contribution in [2.45, 2.75) is 33.4 Å². The van der Waals surface area contributed by atoms with Gasteiger partial charge in [-0.3, -0.25) is 4.57 Å². The molecule has 2 atom stereocenters. The molecule has 8 aromatic rings. The van der Waals surface area contributed by atoms with Crippen LogP contribution in [-0.4, -0.2) is 15.7 Å². The van der Waals surface area contributed by atoms with Gasteiger partial charge in [0.05, 0.1) is 33.8 Å². The molecule has 0 fully saturated rings. The van der Waals surface area contributed by atoms with Crippen LogP contribution in [0.1, 0.15) is 31.7 Å². The minimum atomic E-state index is 0.102. The number of rotatable bonds is 4. The SMILES string of the molecule is Cc1nc2ccccc2n1-c1cccc2c(-c3ccc4cccc(C5=CC=CC(C)C5)c4c3)c3cccc(N4c5ccccc5NC4C)c3cc12. The Balaban J connectivity index is 1.30. The van der Waals surface area contributed by atoms with E-state index >= 15 is 0 Å². The van der Waals surface area contributed by atoms with Crippen LogP contribution >= 0.6 is 0 Å². The van der Waals surface area contributed by atoms with E-state index in [1.807, 2.05) is 0 Å². The summed E-state index contributed by atoms with van der Waals surface area (Å²) in [5.74, 6) is 1.50. The van der Waals surface area contributed by atoms with Crippen molar-refractivity contribution in [1.29, 1.82) is 0 Å². The van der Waals surface area contributed by atoms with Gasteiger partial charge in [0.25, 0.3) is 0 Å². The summed E-state index contributed by atoms with van der Waals surface area (Å²) in [5.41, 5.74) is 12.0. The van der Waals surface area contributed by atoms with E-state index in [4.69, 9.17) is 4.98 Å². The monoisotopic (exact) mass is 658 g/mol. The summed E-state index contributed by atoms with van der Waals surface area (Å²) in [6.07, 6.45) is 7.98. The van der Waals surface area contributed by atoms with Crippen LogP contribution in [0.5, 0.6) is 0 Å². The molecule has 0 saturated carbocycles. The molecule has 4 nitrogen and oxygen atoms in total. The average molecular weight is 659 g/mol. The molecule has 1 N–H and O–H groups in total. The second-order valence-corrected chi connectivity index (χ2v) is 14.2. The maximum atomic E-state index is 4.98. The van der Waals surface area contributed by atoms with Crippen molar-refractivity contribution < 1.29 is 0 Å². The molecule has 1 aliphatic heterocycles. The van der Waals surface area contributed by atoms with Crippen LogP contribution in [0.2, 0.25) is 0 Å². The molecule has 0 saturated heterocycles. The van der Waals surface area contributed by atoms with Crippen molar-refractivity contribution in [3.05, 3.63) is 157 Å². The van der Waals surface area contributed by atoms with Gasteiger partial charge in [-0.1, -0.05) is 104 Å². The van der Waals surface area contributed by atoms with Gasteiger partial charge in [-0.25, -0.2) is 4.98 Å². The minimum absolute atomic E-state index is 0.102. The van der Waals surface area contributed by atoms with Crippen LogP contribution < -0.4 is 10.2 Å². The Morgan fingerprint density at radius 2 is 1.41 bits per heavy atom. The zero-order chi connectivity index (χ0) is 34.2. The normalized spacial score (nSPS) is 17.0. The summed E-state index contributed by atoms with van der Waals surface area (Å²) < 4.78 is 2.33. The standard InChI is InChI=1S/C47H38N4/c1-29-12-8-14-33(26-29)35-15-9-13-32-24-25-34(27-38(32)35)47-36-16-10-22-43(50-30(2)48-41-18-4-6-20-45(41)50)39(36)28-40-37(47)17-11-23-44(40)51-31(3)49-42-19-5-7-21-46(42)51/h4-25,27-30,48H,26H2,1-3H3. The van der Waals surface area contributed by atoms with E-state index < -0.39 is 0 Å².